The molecular formula is C114H166O21. The zero-order valence-electron chi connectivity index (χ0n) is 87.7. The quantitative estimate of drug-likeness (QED) is 0.0108. The molecule has 4 aromatic rings. The van der Waals surface area contributed by atoms with E-state index in [-0.39, 0.29) is 141 Å². The first kappa shape index (κ1) is 122. The van der Waals surface area contributed by atoms with Gasteiger partial charge in [0.1, 0.15) is 17.3 Å². The summed E-state index contributed by atoms with van der Waals surface area (Å²) < 4.78 is 40.7. The van der Waals surface area contributed by atoms with Crippen LogP contribution in [0.15, 0.2) is 166 Å². The largest absolute Gasteiger partial charge is 0.504 e. The highest BCUT2D eigenvalue weighted by atomic mass is 16.6. The molecule has 2 aliphatic carbocycles. The van der Waals surface area contributed by atoms with Gasteiger partial charge in [-0.2, -0.15) is 0 Å². The van der Waals surface area contributed by atoms with E-state index in [1.165, 1.54) is 105 Å². The number of carbonyl (C=O) groups is 12. The molecular weight excluding hydrogens is 1710 g/mol. The lowest BCUT2D eigenvalue weighted by molar-refractivity contribution is -0.153. The Balaban J connectivity index is 0.000000821. The van der Waals surface area contributed by atoms with Crippen molar-refractivity contribution in [3.05, 3.63) is 205 Å². The number of phenols is 1. The van der Waals surface area contributed by atoms with Gasteiger partial charge in [0, 0.05) is 0 Å². The van der Waals surface area contributed by atoms with Crippen molar-refractivity contribution in [3.8, 4) is 11.5 Å². The SMILES string of the molecule is CCOC(=O)/C(=C/CC(C)CCCC(C)C)C(C)=O.CCOC(=O)/C(=C\C(C)Cc1ccc(C(C)(C)C)cc1)C(=O)OC(C)C1CCCC(C)(C)C1.CCOC(=O)/C(=C\C(C)Cc1ccc(C(C)(C)C)cc1)C(C)=O.CCOC(=O)/C(=C\C1CCC(C)=CC1C)C(C)=O.CCOC(=O)/C(=C\CC(C)c1cccc(C(C)C)c1)C(C)=O.CCOC(=O)/C(=C\c1ccc(O)c(OCC)c1)C(C)=O. The van der Waals surface area contributed by atoms with E-state index in [1.807, 2.05) is 20.8 Å². The molecule has 0 aromatic heterocycles. The summed E-state index contributed by atoms with van der Waals surface area (Å²) in [5.74, 6) is -1.96. The van der Waals surface area contributed by atoms with Gasteiger partial charge in [-0.3, -0.25) is 24.0 Å². The molecule has 0 bridgehead atoms. The van der Waals surface area contributed by atoms with Gasteiger partial charge in [0.25, 0.3) is 0 Å². The van der Waals surface area contributed by atoms with Crippen molar-refractivity contribution in [1.82, 2.24) is 0 Å². The summed E-state index contributed by atoms with van der Waals surface area (Å²) in [6.07, 6.45) is 25.0. The van der Waals surface area contributed by atoms with Crippen LogP contribution in [0, 0.1) is 46.8 Å². The maximum atomic E-state index is 13.0. The Kier molecular flexibility index (Phi) is 56.9. The summed E-state index contributed by atoms with van der Waals surface area (Å²) in [7, 11) is 0. The lowest BCUT2D eigenvalue weighted by Gasteiger charge is -2.37. The van der Waals surface area contributed by atoms with Gasteiger partial charge in [0.15, 0.2) is 40.4 Å². The molecule has 0 saturated heterocycles. The molecule has 6 rings (SSSR count). The zero-order valence-corrected chi connectivity index (χ0v) is 87.7. The van der Waals surface area contributed by atoms with E-state index in [4.69, 9.17) is 37.9 Å². The van der Waals surface area contributed by atoms with Gasteiger partial charge in [-0.25, -0.2) is 33.6 Å². The van der Waals surface area contributed by atoms with Gasteiger partial charge in [-0.1, -0.05) is 264 Å². The second kappa shape index (κ2) is 62.8. The summed E-state index contributed by atoms with van der Waals surface area (Å²) in [6, 6.07) is 30.1. The Labute approximate surface area is 809 Å². The molecule has 0 aliphatic heterocycles. The van der Waals surface area contributed by atoms with Crippen molar-refractivity contribution in [3.63, 3.8) is 0 Å². The van der Waals surface area contributed by atoms with Crippen molar-refractivity contribution in [1.29, 1.82) is 0 Å². The van der Waals surface area contributed by atoms with Crippen molar-refractivity contribution in [2.45, 2.75) is 327 Å². The number of aromatic hydroxyl groups is 1. The molecule has 2 aliphatic rings. The lowest BCUT2D eigenvalue weighted by Crippen LogP contribution is -2.33. The smallest absolute Gasteiger partial charge is 0.345 e. The van der Waals surface area contributed by atoms with Crippen molar-refractivity contribution < 1.29 is 101 Å². The second-order valence-electron chi connectivity index (χ2n) is 38.9. The molecule has 748 valence electrons. The number of ketones is 5. The predicted molar refractivity (Wildman–Crippen MR) is 540 cm³/mol. The summed E-state index contributed by atoms with van der Waals surface area (Å²) in [4.78, 5) is 142. The van der Waals surface area contributed by atoms with Crippen LogP contribution in [0.5, 0.6) is 11.5 Å². The highest BCUT2D eigenvalue weighted by Gasteiger charge is 2.35. The van der Waals surface area contributed by atoms with E-state index in [0.717, 1.165) is 63.7 Å². The van der Waals surface area contributed by atoms with Crippen LogP contribution in [-0.4, -0.2) is 128 Å². The Morgan fingerprint density at radius 3 is 1.32 bits per heavy atom. The van der Waals surface area contributed by atoms with Crippen molar-refractivity contribution in [2.75, 3.05) is 46.2 Å². The van der Waals surface area contributed by atoms with Gasteiger partial charge in [-0.15, -0.1) is 0 Å². The van der Waals surface area contributed by atoms with E-state index in [2.05, 4.69) is 190 Å². The zero-order chi connectivity index (χ0) is 103. The molecule has 135 heavy (non-hydrogen) atoms. The van der Waals surface area contributed by atoms with Gasteiger partial charge in [0.2, 0.25) is 0 Å². The van der Waals surface area contributed by atoms with Gasteiger partial charge in [0.05, 0.1) is 68.5 Å². The molecule has 1 fully saturated rings. The highest BCUT2D eigenvalue weighted by molar-refractivity contribution is 6.20. The van der Waals surface area contributed by atoms with Crippen molar-refractivity contribution in [2.24, 2.45) is 46.8 Å². The normalized spacial score (nSPS) is 16.3. The fourth-order valence-corrected chi connectivity index (χ4v) is 15.2. The van der Waals surface area contributed by atoms with Crippen molar-refractivity contribution >= 4 is 76.8 Å². The maximum Gasteiger partial charge on any atom is 0.345 e. The Bertz CT molecular complexity index is 4690. The number of hydrogen-bond acceptors (Lipinski definition) is 21. The standard InChI is InChI=1S/C29H44O4.C20H28O3.C19H26O3.C16H28O3.C15H18O5.C15H22O3/c1-9-32-26(30)25(27(31)33-21(3)23-11-10-16-29(7,8)19-23)18-20(2)17-22-12-14-24(15-13-22)28(4,5)6;1-7-23-19(22)18(15(3)21)13-14(2)12-16-8-10-17(11-9-16)20(4,5)6;1-6-22-19(21)18(15(5)20)11-10-14(4)17-9-7-8-16(12-17)13(2)3;1-6-19-16(18)15(14(5)17)11-10-13(4)9-7-8-12(2)3;1-4-19-14-9-11(6-7-13(14)17)8-12(10(3)16)15(18)20-5-2;1-5-18-15(17)14(12(4)16)9-13-7-6-10(2)8-11(13)3/h12-15,18,20-21,23H,9-11,16-17,19H2,1-8H3;8-11,13-14H,7,12H2,1-6H3;7-9,11-14H,6,10H2,1-5H3;11-13H,6-10H2,1-5H3;6-9,17H,4-5H2,1-3H3;8-9,11,13H,5-7H2,1-4H3/b25-18+;18-13-;18-11-;15-11+;12-8-;14-9-. The maximum absolute atomic E-state index is 13.0. The third-order valence-corrected chi connectivity index (χ3v) is 23.0. The van der Waals surface area contributed by atoms with E-state index in [0.29, 0.717) is 61.2 Å². The summed E-state index contributed by atoms with van der Waals surface area (Å²) in [6.45, 7) is 61.9. The van der Waals surface area contributed by atoms with E-state index < -0.39 is 41.8 Å². The number of esters is 7. The first-order valence-corrected chi connectivity index (χ1v) is 48.6. The third kappa shape index (κ3) is 48.1. The Hall–Kier alpha value is -10.7. The topological polar surface area (TPSA) is 299 Å². The first-order valence-electron chi connectivity index (χ1n) is 48.6. The first-order chi connectivity index (χ1) is 63.1. The fraction of sp³-hybridized carbons (Fsp3) is 0.561. The van der Waals surface area contributed by atoms with Crippen LogP contribution < -0.4 is 4.74 Å². The molecule has 8 atom stereocenters. The number of allylic oxidation sites excluding steroid dienone is 7. The van der Waals surface area contributed by atoms with Crippen LogP contribution >= 0.6 is 0 Å². The van der Waals surface area contributed by atoms with Crippen LogP contribution in [0.2, 0.25) is 0 Å². The van der Waals surface area contributed by atoms with Gasteiger partial charge in [-0.05, 0) is 281 Å². The third-order valence-electron chi connectivity index (χ3n) is 23.0. The van der Waals surface area contributed by atoms with E-state index >= 15 is 0 Å². The average molecular weight is 1870 g/mol. The molecule has 1 N–H and O–H groups in total. The number of hydrogen-bond donors (Lipinski definition) is 1. The highest BCUT2D eigenvalue weighted by Crippen LogP contribution is 2.41. The molecule has 21 heteroatoms. The molecule has 0 spiro atoms. The number of ether oxygens (including phenoxy) is 8. The fourth-order valence-electron chi connectivity index (χ4n) is 15.2. The minimum Gasteiger partial charge on any atom is -0.504 e. The van der Waals surface area contributed by atoms with Crippen LogP contribution in [0.1, 0.15) is 336 Å². The summed E-state index contributed by atoms with van der Waals surface area (Å²) in [5, 5.41) is 9.60. The second-order valence-corrected chi connectivity index (χ2v) is 38.9. The summed E-state index contributed by atoms with van der Waals surface area (Å²) in [5.41, 5.74) is 10.6. The number of Topliss-reactive ketones (excluding diaryl/α,β-unsaturated/α-hetero) is 5. The number of rotatable bonds is 40. The minimum atomic E-state index is -0.661. The van der Waals surface area contributed by atoms with E-state index in [9.17, 15) is 62.6 Å². The molecule has 0 heterocycles. The van der Waals surface area contributed by atoms with Gasteiger partial charge < -0.3 is 43.0 Å². The number of carbonyl (C=O) groups excluding carboxylic acids is 12. The lowest BCUT2D eigenvalue weighted by atomic mass is 9.71. The van der Waals surface area contributed by atoms with Crippen LogP contribution in [-0.2, 0) is 114 Å². The number of phenolic OH excluding ortho intramolecular Hbond substituents is 1. The Morgan fingerprint density at radius 1 is 0.481 bits per heavy atom. The predicted octanol–water partition coefficient (Wildman–Crippen LogP) is 24.7. The average Bonchev–Trinajstić information content (AvgIpc) is 0.834. The van der Waals surface area contributed by atoms with E-state index in [1.54, 1.807) is 91.0 Å². The molecule has 4 aromatic carbocycles. The monoisotopic (exact) mass is 1870 g/mol. The molecule has 0 amide bonds. The molecule has 0 radical (unpaired) electrons. The molecule has 21 nitrogen and oxygen atoms in total. The molecule has 8 unspecified atom stereocenters. The van der Waals surface area contributed by atoms with Crippen LogP contribution in [0.4, 0.5) is 0 Å². The molecule has 1 saturated carbocycles. The Morgan fingerprint density at radius 2 is 0.904 bits per heavy atom. The number of benzene rings is 4. The summed E-state index contributed by atoms with van der Waals surface area (Å²) >= 11 is 0. The van der Waals surface area contributed by atoms with Gasteiger partial charge >= 0.3 is 41.8 Å². The minimum absolute atomic E-state index is 0.00418. The van der Waals surface area contributed by atoms with Crippen LogP contribution in [0.3, 0.4) is 0 Å². The van der Waals surface area contributed by atoms with Crippen LogP contribution in [0.25, 0.3) is 6.08 Å².